The second-order valence-electron chi connectivity index (χ2n) is 4.83. The highest BCUT2D eigenvalue weighted by Gasteiger charge is 2.38. The van der Waals surface area contributed by atoms with Gasteiger partial charge in [-0.15, -0.1) is 0 Å². The number of sulfonamides is 1. The Morgan fingerprint density at radius 1 is 1.58 bits per heavy atom. The fourth-order valence-corrected chi connectivity index (χ4v) is 4.28. The molecule has 2 atom stereocenters. The van der Waals surface area contributed by atoms with E-state index < -0.39 is 20.9 Å². The minimum absolute atomic E-state index is 0.167. The first-order chi connectivity index (χ1) is 8.98. The predicted molar refractivity (Wildman–Crippen MR) is 69.3 cm³/mol. The molecule has 0 amide bonds. The van der Waals surface area contributed by atoms with Crippen LogP contribution in [0.15, 0.2) is 23.4 Å². The van der Waals surface area contributed by atoms with Crippen LogP contribution in [-0.4, -0.2) is 36.8 Å². The lowest BCUT2D eigenvalue weighted by Gasteiger charge is -2.37. The van der Waals surface area contributed by atoms with Gasteiger partial charge in [-0.2, -0.15) is 4.31 Å². The van der Waals surface area contributed by atoms with Gasteiger partial charge in [0.1, 0.15) is 0 Å². The van der Waals surface area contributed by atoms with Gasteiger partial charge in [-0.25, -0.2) is 17.8 Å². The number of hydrogen-bond acceptors (Lipinski definition) is 4. The summed E-state index contributed by atoms with van der Waals surface area (Å²) >= 11 is 0. The molecule has 1 fully saturated rings. The number of pyridine rings is 1. The molecule has 19 heavy (non-hydrogen) atoms. The Hall–Kier alpha value is -1.05. The van der Waals surface area contributed by atoms with Gasteiger partial charge in [-0.05, 0) is 30.9 Å². The van der Waals surface area contributed by atoms with Crippen molar-refractivity contribution >= 4 is 10.0 Å². The Bertz CT molecular complexity index is 550. The average Bonchev–Trinajstić information content (AvgIpc) is 2.38. The monoisotopic (exact) mass is 287 g/mol. The number of aromatic nitrogens is 1. The maximum absolute atomic E-state index is 13.7. The zero-order valence-corrected chi connectivity index (χ0v) is 11.6. The SMILES string of the molecule is CC1CCCN(S(=O)(=O)c2ncccc2F)C1CN. The average molecular weight is 287 g/mol. The standard InChI is InChI=1S/C12H18FN3O2S/c1-9-4-3-7-16(11(9)8-14)19(17,18)12-10(13)5-2-6-15-12/h2,5-6,9,11H,3-4,7-8,14H2,1H3. The second-order valence-corrected chi connectivity index (χ2v) is 6.63. The van der Waals surface area contributed by atoms with Gasteiger partial charge in [-0.1, -0.05) is 6.92 Å². The first-order valence-corrected chi connectivity index (χ1v) is 7.75. The van der Waals surface area contributed by atoms with Crippen LogP contribution in [0.1, 0.15) is 19.8 Å². The molecule has 5 nitrogen and oxygen atoms in total. The highest BCUT2D eigenvalue weighted by molar-refractivity contribution is 7.89. The summed E-state index contributed by atoms with van der Waals surface area (Å²) in [6.07, 6.45) is 2.96. The molecule has 0 radical (unpaired) electrons. The Morgan fingerprint density at radius 3 is 2.95 bits per heavy atom. The van der Waals surface area contributed by atoms with Crippen molar-refractivity contribution in [3.8, 4) is 0 Å². The van der Waals surface area contributed by atoms with E-state index in [2.05, 4.69) is 4.98 Å². The molecule has 106 valence electrons. The Labute approximate surface area is 112 Å². The molecular weight excluding hydrogens is 269 g/mol. The van der Waals surface area contributed by atoms with E-state index >= 15 is 0 Å². The molecular formula is C12H18FN3O2S. The predicted octanol–water partition coefficient (Wildman–Crippen LogP) is 0.969. The lowest BCUT2D eigenvalue weighted by molar-refractivity contribution is 0.191. The van der Waals surface area contributed by atoms with Crippen molar-refractivity contribution in [3.63, 3.8) is 0 Å². The number of hydrogen-bond donors (Lipinski definition) is 1. The minimum atomic E-state index is -3.92. The van der Waals surface area contributed by atoms with E-state index in [1.807, 2.05) is 6.92 Å². The largest absolute Gasteiger partial charge is 0.329 e. The van der Waals surface area contributed by atoms with E-state index in [0.717, 1.165) is 18.9 Å². The molecule has 1 aromatic rings. The van der Waals surface area contributed by atoms with Crippen molar-refractivity contribution in [3.05, 3.63) is 24.1 Å². The molecule has 2 rings (SSSR count). The lowest BCUT2D eigenvalue weighted by atomic mass is 9.93. The summed E-state index contributed by atoms with van der Waals surface area (Å²) in [7, 11) is -3.92. The Balaban J connectivity index is 2.41. The molecule has 0 bridgehead atoms. The summed E-state index contributed by atoms with van der Waals surface area (Å²) in [6, 6.07) is 2.18. The number of nitrogens with zero attached hydrogens (tertiary/aromatic N) is 2. The summed E-state index contributed by atoms with van der Waals surface area (Å²) in [4.78, 5) is 3.67. The van der Waals surface area contributed by atoms with Gasteiger partial charge in [0.15, 0.2) is 5.82 Å². The van der Waals surface area contributed by atoms with Crippen molar-refractivity contribution in [1.29, 1.82) is 0 Å². The first kappa shape index (κ1) is 14.4. The van der Waals surface area contributed by atoms with E-state index in [-0.39, 0.29) is 18.5 Å². The molecule has 0 saturated carbocycles. The summed E-state index contributed by atoms with van der Waals surface area (Å²) in [6.45, 7) is 2.56. The van der Waals surface area contributed by atoms with E-state index in [1.54, 1.807) is 0 Å². The van der Waals surface area contributed by atoms with Gasteiger partial charge in [0.2, 0.25) is 5.03 Å². The van der Waals surface area contributed by atoms with Crippen molar-refractivity contribution in [1.82, 2.24) is 9.29 Å². The van der Waals surface area contributed by atoms with E-state index in [9.17, 15) is 12.8 Å². The third-order valence-electron chi connectivity index (χ3n) is 3.58. The van der Waals surface area contributed by atoms with Crippen LogP contribution in [0.3, 0.4) is 0 Å². The quantitative estimate of drug-likeness (QED) is 0.898. The molecule has 1 aromatic heterocycles. The van der Waals surface area contributed by atoms with Crippen molar-refractivity contribution in [2.75, 3.05) is 13.1 Å². The van der Waals surface area contributed by atoms with Crippen LogP contribution in [-0.2, 0) is 10.0 Å². The maximum atomic E-state index is 13.7. The Kier molecular flexibility index (Phi) is 4.17. The zero-order valence-electron chi connectivity index (χ0n) is 10.8. The van der Waals surface area contributed by atoms with Crippen molar-refractivity contribution in [2.24, 2.45) is 11.7 Å². The Morgan fingerprint density at radius 2 is 2.32 bits per heavy atom. The van der Waals surface area contributed by atoms with Crippen LogP contribution < -0.4 is 5.73 Å². The third kappa shape index (κ3) is 2.63. The number of nitrogens with two attached hydrogens (primary N) is 1. The van der Waals surface area contributed by atoms with Gasteiger partial charge in [0, 0.05) is 25.3 Å². The molecule has 7 heteroatoms. The highest BCUT2D eigenvalue weighted by Crippen LogP contribution is 2.28. The molecule has 2 heterocycles. The van der Waals surface area contributed by atoms with Crippen LogP contribution in [0, 0.1) is 11.7 Å². The van der Waals surface area contributed by atoms with Gasteiger partial charge in [0.05, 0.1) is 0 Å². The first-order valence-electron chi connectivity index (χ1n) is 6.31. The maximum Gasteiger partial charge on any atom is 0.263 e. The summed E-state index contributed by atoms with van der Waals surface area (Å²) in [5.74, 6) is -0.656. The molecule has 1 aliphatic heterocycles. The molecule has 2 unspecified atom stereocenters. The fraction of sp³-hybridized carbons (Fsp3) is 0.583. The number of piperidine rings is 1. The third-order valence-corrected chi connectivity index (χ3v) is 5.44. The summed E-state index contributed by atoms with van der Waals surface area (Å²) < 4.78 is 39.9. The van der Waals surface area contributed by atoms with Crippen LogP contribution in [0.2, 0.25) is 0 Å². The molecule has 1 saturated heterocycles. The molecule has 2 N–H and O–H groups in total. The van der Waals surface area contributed by atoms with E-state index in [4.69, 9.17) is 5.73 Å². The number of rotatable bonds is 3. The molecule has 0 aliphatic carbocycles. The van der Waals surface area contributed by atoms with Gasteiger partial charge < -0.3 is 5.73 Å². The van der Waals surface area contributed by atoms with Crippen molar-refractivity contribution in [2.45, 2.75) is 30.8 Å². The zero-order chi connectivity index (χ0) is 14.0. The van der Waals surface area contributed by atoms with Crippen LogP contribution in [0.25, 0.3) is 0 Å². The van der Waals surface area contributed by atoms with Gasteiger partial charge in [-0.3, -0.25) is 0 Å². The highest BCUT2D eigenvalue weighted by atomic mass is 32.2. The normalized spacial score (nSPS) is 25.4. The summed E-state index contributed by atoms with van der Waals surface area (Å²) in [5.41, 5.74) is 5.68. The number of halogens is 1. The van der Waals surface area contributed by atoms with Crippen LogP contribution in [0.4, 0.5) is 4.39 Å². The van der Waals surface area contributed by atoms with Crippen LogP contribution >= 0.6 is 0 Å². The molecule has 1 aliphatic rings. The van der Waals surface area contributed by atoms with Crippen LogP contribution in [0.5, 0.6) is 0 Å². The smallest absolute Gasteiger partial charge is 0.263 e. The molecule has 0 aromatic carbocycles. The second kappa shape index (κ2) is 5.52. The van der Waals surface area contributed by atoms with E-state index in [1.165, 1.54) is 16.6 Å². The topological polar surface area (TPSA) is 76.3 Å². The molecule has 0 spiro atoms. The summed E-state index contributed by atoms with van der Waals surface area (Å²) in [5, 5.41) is -0.512. The lowest BCUT2D eigenvalue weighted by Crippen LogP contribution is -2.51. The van der Waals surface area contributed by atoms with Gasteiger partial charge in [0.25, 0.3) is 10.0 Å². The van der Waals surface area contributed by atoms with E-state index in [0.29, 0.717) is 6.54 Å². The van der Waals surface area contributed by atoms with Gasteiger partial charge >= 0.3 is 0 Å². The fourth-order valence-electron chi connectivity index (χ4n) is 2.53. The van der Waals surface area contributed by atoms with Crippen molar-refractivity contribution < 1.29 is 12.8 Å². The minimum Gasteiger partial charge on any atom is -0.329 e.